The van der Waals surface area contributed by atoms with Gasteiger partial charge in [-0.1, -0.05) is 12.1 Å². The Bertz CT molecular complexity index is 1370. The van der Waals surface area contributed by atoms with Crippen molar-refractivity contribution in [3.8, 4) is 22.7 Å². The van der Waals surface area contributed by atoms with E-state index in [4.69, 9.17) is 5.10 Å². The van der Waals surface area contributed by atoms with Crippen LogP contribution in [-0.4, -0.2) is 38.0 Å². The second-order valence-electron chi connectivity index (χ2n) is 8.48. The Balaban J connectivity index is 1.50. The monoisotopic (exact) mass is 491 g/mol. The molecule has 1 atom stereocenters. The minimum atomic E-state index is -0.343. The molecule has 1 aliphatic heterocycles. The summed E-state index contributed by atoms with van der Waals surface area (Å²) in [5.74, 6) is -0.0484. The third-order valence-corrected chi connectivity index (χ3v) is 7.33. The summed E-state index contributed by atoms with van der Waals surface area (Å²) in [6, 6.07) is 17.6. The van der Waals surface area contributed by atoms with Crippen LogP contribution in [-0.2, 0) is 11.2 Å². The molecule has 0 aliphatic carbocycles. The largest absolute Gasteiger partial charge is 0.508 e. The molecule has 4 aromatic rings. The molecule has 5 rings (SSSR count). The lowest BCUT2D eigenvalue weighted by Gasteiger charge is -2.24. The van der Waals surface area contributed by atoms with Crippen molar-refractivity contribution in [2.24, 2.45) is 0 Å². The number of rotatable bonds is 6. The maximum absolute atomic E-state index is 13.6. The highest BCUT2D eigenvalue weighted by Gasteiger charge is 2.35. The molecule has 1 fully saturated rings. The highest BCUT2D eigenvalue weighted by Crippen LogP contribution is 2.43. The number of carbonyl (C=O) groups is 1. The summed E-state index contributed by atoms with van der Waals surface area (Å²) in [4.78, 5) is 14.7. The minimum Gasteiger partial charge on any atom is -0.508 e. The van der Waals surface area contributed by atoms with Crippen molar-refractivity contribution < 1.29 is 18.7 Å². The summed E-state index contributed by atoms with van der Waals surface area (Å²) in [7, 11) is 0. The number of nitrogens with zero attached hydrogens (tertiary/aromatic N) is 3. The van der Waals surface area contributed by atoms with E-state index in [0.29, 0.717) is 30.1 Å². The van der Waals surface area contributed by atoms with E-state index in [-0.39, 0.29) is 28.7 Å². The van der Waals surface area contributed by atoms with Gasteiger partial charge in [-0.05, 0) is 79.1 Å². The third kappa shape index (κ3) is 4.79. The van der Waals surface area contributed by atoms with Crippen molar-refractivity contribution in [3.63, 3.8) is 0 Å². The first kappa shape index (κ1) is 23.1. The lowest BCUT2D eigenvalue weighted by Crippen LogP contribution is -2.30. The smallest absolute Gasteiger partial charge is 0.233 e. The minimum absolute atomic E-state index is 0.0371. The summed E-state index contributed by atoms with van der Waals surface area (Å²) in [5, 5.41) is 14.3. The summed E-state index contributed by atoms with van der Waals surface area (Å²) in [6.45, 7) is 2.35. The van der Waals surface area contributed by atoms with Crippen LogP contribution in [0.5, 0.6) is 5.75 Å². The Morgan fingerprint density at radius 1 is 1.03 bits per heavy atom. The maximum Gasteiger partial charge on any atom is 0.233 e. The molecule has 35 heavy (non-hydrogen) atoms. The Kier molecular flexibility index (Phi) is 6.30. The van der Waals surface area contributed by atoms with E-state index in [1.807, 2.05) is 30.2 Å². The number of hydrogen-bond donors (Lipinski definition) is 1. The van der Waals surface area contributed by atoms with Crippen molar-refractivity contribution in [3.05, 3.63) is 101 Å². The quantitative estimate of drug-likeness (QED) is 0.379. The van der Waals surface area contributed by atoms with Gasteiger partial charge in [0.25, 0.3) is 0 Å². The number of carbonyl (C=O) groups excluding carboxylic acids is 1. The number of thioether (sulfide) groups is 1. The standard InChI is InChI=1S/C27H23F2N3O2S/c1-17-14-18(2-11-24(17)33)12-13-31-25(34)16-35-27(31)23-15-32(22-9-7-21(29)8-10-22)30-26(23)19-3-5-20(28)6-4-19/h2-11,14-15,27,33H,12-13,16H2,1H3. The second-order valence-corrected chi connectivity index (χ2v) is 9.55. The first-order valence-electron chi connectivity index (χ1n) is 11.2. The van der Waals surface area contributed by atoms with E-state index in [1.165, 1.54) is 36.0 Å². The van der Waals surface area contributed by atoms with Gasteiger partial charge in [0, 0.05) is 23.9 Å². The lowest BCUT2D eigenvalue weighted by molar-refractivity contribution is -0.128. The summed E-state index contributed by atoms with van der Waals surface area (Å²) >= 11 is 1.52. The van der Waals surface area contributed by atoms with Crippen molar-refractivity contribution in [2.75, 3.05) is 12.3 Å². The molecule has 1 unspecified atom stereocenters. The van der Waals surface area contributed by atoms with Gasteiger partial charge in [0.15, 0.2) is 0 Å². The number of aryl methyl sites for hydroxylation is 1. The van der Waals surface area contributed by atoms with Crippen molar-refractivity contribution >= 4 is 17.7 Å². The molecule has 3 aromatic carbocycles. The fourth-order valence-electron chi connectivity index (χ4n) is 4.20. The molecule has 8 heteroatoms. The van der Waals surface area contributed by atoms with Crippen LogP contribution in [0.4, 0.5) is 8.78 Å². The summed E-state index contributed by atoms with van der Waals surface area (Å²) < 4.78 is 28.7. The van der Waals surface area contributed by atoms with Crippen molar-refractivity contribution in [1.29, 1.82) is 0 Å². The maximum atomic E-state index is 13.6. The molecule has 1 N–H and O–H groups in total. The number of halogens is 2. The van der Waals surface area contributed by atoms with Gasteiger partial charge < -0.3 is 10.0 Å². The molecular weight excluding hydrogens is 468 g/mol. The number of phenolic OH excluding ortho intramolecular Hbond substituents is 1. The van der Waals surface area contributed by atoms with Crippen LogP contribution in [0, 0.1) is 18.6 Å². The number of aromatic nitrogens is 2. The van der Waals surface area contributed by atoms with Gasteiger partial charge in [-0.3, -0.25) is 4.79 Å². The average Bonchev–Trinajstić information content (AvgIpc) is 3.44. The zero-order valence-electron chi connectivity index (χ0n) is 19.0. The molecule has 1 aliphatic rings. The van der Waals surface area contributed by atoms with E-state index in [0.717, 1.165) is 22.3 Å². The van der Waals surface area contributed by atoms with Crippen LogP contribution >= 0.6 is 11.8 Å². The lowest BCUT2D eigenvalue weighted by atomic mass is 10.1. The molecule has 0 saturated carbocycles. The topological polar surface area (TPSA) is 58.4 Å². The fraction of sp³-hybridized carbons (Fsp3) is 0.185. The van der Waals surface area contributed by atoms with Crippen LogP contribution in [0.2, 0.25) is 0 Å². The van der Waals surface area contributed by atoms with Crippen LogP contribution < -0.4 is 0 Å². The number of amides is 1. The first-order valence-corrected chi connectivity index (χ1v) is 12.2. The van der Waals surface area contributed by atoms with E-state index in [1.54, 1.807) is 35.0 Å². The van der Waals surface area contributed by atoms with Gasteiger partial charge in [-0.25, -0.2) is 13.5 Å². The van der Waals surface area contributed by atoms with Crippen LogP contribution in [0.1, 0.15) is 22.1 Å². The Morgan fingerprint density at radius 3 is 2.40 bits per heavy atom. The Hall–Kier alpha value is -3.65. The number of phenols is 1. The zero-order valence-corrected chi connectivity index (χ0v) is 19.8. The molecular formula is C27H23F2N3O2S. The zero-order chi connectivity index (χ0) is 24.5. The van der Waals surface area contributed by atoms with Crippen LogP contribution in [0.25, 0.3) is 16.9 Å². The van der Waals surface area contributed by atoms with Crippen LogP contribution in [0.15, 0.2) is 72.9 Å². The normalized spacial score (nSPS) is 15.7. The predicted molar refractivity (Wildman–Crippen MR) is 132 cm³/mol. The van der Waals surface area contributed by atoms with E-state index in [9.17, 15) is 18.7 Å². The summed E-state index contributed by atoms with van der Waals surface area (Å²) in [6.07, 6.45) is 2.50. The second kappa shape index (κ2) is 9.54. The van der Waals surface area contributed by atoms with Gasteiger partial charge >= 0.3 is 0 Å². The van der Waals surface area contributed by atoms with Gasteiger partial charge in [-0.15, -0.1) is 11.8 Å². The van der Waals surface area contributed by atoms with E-state index >= 15 is 0 Å². The molecule has 0 radical (unpaired) electrons. The van der Waals surface area contributed by atoms with E-state index < -0.39 is 0 Å². The van der Waals surface area contributed by atoms with Gasteiger partial charge in [0.1, 0.15) is 22.8 Å². The molecule has 1 saturated heterocycles. The number of aromatic hydroxyl groups is 1. The van der Waals surface area contributed by atoms with Crippen molar-refractivity contribution in [2.45, 2.75) is 18.7 Å². The molecule has 2 heterocycles. The van der Waals surface area contributed by atoms with E-state index in [2.05, 4.69) is 0 Å². The van der Waals surface area contributed by atoms with Crippen molar-refractivity contribution in [1.82, 2.24) is 14.7 Å². The SMILES string of the molecule is Cc1cc(CCN2C(=O)CSC2c2cn(-c3ccc(F)cc3)nc2-c2ccc(F)cc2)ccc1O. The highest BCUT2D eigenvalue weighted by atomic mass is 32.2. The first-order chi connectivity index (χ1) is 16.9. The third-order valence-electron chi connectivity index (χ3n) is 6.09. The molecule has 1 aromatic heterocycles. The number of hydrogen-bond acceptors (Lipinski definition) is 4. The van der Waals surface area contributed by atoms with Gasteiger partial charge in [0.05, 0.1) is 17.1 Å². The Labute approximate surface area is 206 Å². The molecule has 1 amide bonds. The fourth-order valence-corrected chi connectivity index (χ4v) is 5.42. The average molecular weight is 492 g/mol. The summed E-state index contributed by atoms with van der Waals surface area (Å²) in [5.41, 5.74) is 4.72. The van der Waals surface area contributed by atoms with Gasteiger partial charge in [0.2, 0.25) is 5.91 Å². The molecule has 0 bridgehead atoms. The Morgan fingerprint density at radius 2 is 1.71 bits per heavy atom. The molecule has 0 spiro atoms. The predicted octanol–water partition coefficient (Wildman–Crippen LogP) is 5.65. The van der Waals surface area contributed by atoms with Gasteiger partial charge in [-0.2, -0.15) is 5.10 Å². The molecule has 5 nitrogen and oxygen atoms in total. The molecule has 178 valence electrons. The number of benzene rings is 3. The van der Waals surface area contributed by atoms with Crippen LogP contribution in [0.3, 0.4) is 0 Å². The highest BCUT2D eigenvalue weighted by molar-refractivity contribution is 8.00.